The number of non-ortho nitro benzene ring substituents is 2. The van der Waals surface area contributed by atoms with Crippen molar-refractivity contribution in [3.8, 4) is 11.5 Å². The Morgan fingerprint density at radius 2 is 1.06 bits per heavy atom. The number of nitro benzene ring substituents is 2. The molecular weight excluding hydrogens is 450 g/mol. The molecule has 166 valence electrons. The van der Waals surface area contributed by atoms with Crippen LogP contribution in [0.25, 0.3) is 0 Å². The van der Waals surface area contributed by atoms with Crippen LogP contribution in [0.1, 0.15) is 20.8 Å². The van der Waals surface area contributed by atoms with Crippen LogP contribution in [-0.2, 0) is 9.59 Å². The fourth-order valence-electron chi connectivity index (χ4n) is 1.37. The molecule has 0 aliphatic rings. The molecular formula is C18H22N2Na2O10. The largest absolute Gasteiger partial charge is 1.00 e. The van der Waals surface area contributed by atoms with E-state index in [-0.39, 0.29) is 87.5 Å². The third-order valence-electron chi connectivity index (χ3n) is 2.36. The average Bonchev–Trinajstić information content (AvgIpc) is 2.64. The van der Waals surface area contributed by atoms with E-state index in [9.17, 15) is 34.9 Å². The number of aliphatic hydroxyl groups excluding tert-OH is 1. The molecule has 0 bridgehead atoms. The van der Waals surface area contributed by atoms with Crippen molar-refractivity contribution in [1.29, 1.82) is 0 Å². The number of esters is 1. The summed E-state index contributed by atoms with van der Waals surface area (Å²) in [5, 5.41) is 37.7. The van der Waals surface area contributed by atoms with Gasteiger partial charge in [-0.15, -0.1) is 5.75 Å². The van der Waals surface area contributed by atoms with Gasteiger partial charge in [0.15, 0.2) is 0 Å². The second kappa shape index (κ2) is 23.8. The Hall–Kier alpha value is -1.90. The Morgan fingerprint density at radius 1 is 0.781 bits per heavy atom. The first-order chi connectivity index (χ1) is 13.5. The quantitative estimate of drug-likeness (QED) is 0.152. The maximum absolute atomic E-state index is 10.5. The molecule has 2 aromatic rings. The molecule has 0 saturated heterocycles. The number of Topliss-reactive ketones (excluding diaryl/α,β-unsaturated/α-hetero) is 1. The van der Waals surface area contributed by atoms with E-state index in [1.807, 2.05) is 0 Å². The monoisotopic (exact) mass is 472 g/mol. The van der Waals surface area contributed by atoms with Gasteiger partial charge in [0.25, 0.3) is 11.4 Å². The zero-order chi connectivity index (χ0) is 23.0. The number of nitro groups is 2. The van der Waals surface area contributed by atoms with Gasteiger partial charge in [0.1, 0.15) is 11.5 Å². The summed E-state index contributed by atoms with van der Waals surface area (Å²) in [7, 11) is 1.00. The first-order valence-corrected chi connectivity index (χ1v) is 7.79. The Kier molecular flexibility index (Phi) is 30.0. The van der Waals surface area contributed by atoms with Crippen molar-refractivity contribution in [2.75, 3.05) is 7.11 Å². The van der Waals surface area contributed by atoms with E-state index in [0.29, 0.717) is 5.75 Å². The zero-order valence-corrected chi connectivity index (χ0v) is 22.7. The minimum atomic E-state index is -0.542. The Labute approximate surface area is 228 Å². The van der Waals surface area contributed by atoms with Crippen LogP contribution >= 0.6 is 0 Å². The summed E-state index contributed by atoms with van der Waals surface area (Å²) in [5.41, 5.74) is -0.0875. The number of nitrogens with zero attached hydrogens (tertiary/aromatic N) is 2. The van der Waals surface area contributed by atoms with Crippen molar-refractivity contribution in [3.05, 3.63) is 68.8 Å². The molecule has 32 heavy (non-hydrogen) atoms. The number of rotatable bonds is 3. The molecule has 2 rings (SSSR count). The number of aliphatic hydroxyl groups is 1. The third kappa shape index (κ3) is 22.8. The molecule has 0 aromatic heterocycles. The summed E-state index contributed by atoms with van der Waals surface area (Å²) in [4.78, 5) is 39.1. The van der Waals surface area contributed by atoms with Gasteiger partial charge >= 0.3 is 65.1 Å². The molecule has 0 radical (unpaired) electrons. The van der Waals surface area contributed by atoms with E-state index < -0.39 is 15.8 Å². The molecule has 12 nitrogen and oxygen atoms in total. The summed E-state index contributed by atoms with van der Waals surface area (Å²) in [6.07, 6.45) is 0. The number of carbonyl (C=O) groups excluding carboxylic acids is 2. The molecule has 0 spiro atoms. The molecule has 14 heteroatoms. The van der Waals surface area contributed by atoms with Crippen LogP contribution in [0, 0.1) is 20.2 Å². The Bertz CT molecular complexity index is 796. The summed E-state index contributed by atoms with van der Waals surface area (Å²) in [6, 6.07) is 10.00. The second-order valence-electron chi connectivity index (χ2n) is 5.00. The van der Waals surface area contributed by atoms with E-state index in [2.05, 4.69) is 4.74 Å². The third-order valence-corrected chi connectivity index (χ3v) is 2.36. The van der Waals surface area contributed by atoms with Crippen molar-refractivity contribution in [3.63, 3.8) is 0 Å². The topological polar surface area (TPSA) is 203 Å². The minimum absolute atomic E-state index is 0. The molecule has 0 unspecified atom stereocenters. The fraction of sp³-hybridized carbons (Fsp3) is 0.222. The van der Waals surface area contributed by atoms with Gasteiger partial charge in [-0.2, -0.15) is 0 Å². The van der Waals surface area contributed by atoms with Gasteiger partial charge in [0.2, 0.25) is 0 Å². The molecule has 0 amide bonds. The predicted molar refractivity (Wildman–Crippen MR) is 103 cm³/mol. The van der Waals surface area contributed by atoms with Crippen LogP contribution < -0.4 is 69.0 Å². The van der Waals surface area contributed by atoms with Gasteiger partial charge in [0, 0.05) is 38.3 Å². The van der Waals surface area contributed by atoms with Crippen LogP contribution in [-0.4, -0.2) is 39.3 Å². The van der Waals surface area contributed by atoms with Crippen LogP contribution in [0.3, 0.4) is 0 Å². The molecule has 0 saturated carbocycles. The number of hydrogen-bond acceptors (Lipinski definition) is 10. The molecule has 0 aliphatic heterocycles. The predicted octanol–water partition coefficient (Wildman–Crippen LogP) is -3.78. The van der Waals surface area contributed by atoms with E-state index in [1.165, 1.54) is 57.2 Å². The maximum atomic E-state index is 10.5. The Morgan fingerprint density at radius 3 is 1.31 bits per heavy atom. The van der Waals surface area contributed by atoms with Crippen molar-refractivity contribution in [2.45, 2.75) is 20.8 Å². The minimum Gasteiger partial charge on any atom is -0.872 e. The summed E-state index contributed by atoms with van der Waals surface area (Å²) in [5.74, 6) is -0.197. The van der Waals surface area contributed by atoms with Crippen LogP contribution in [0.2, 0.25) is 0 Å². The first-order valence-electron chi connectivity index (χ1n) is 7.79. The smallest absolute Gasteiger partial charge is 0.872 e. The number of benzene rings is 2. The van der Waals surface area contributed by atoms with Gasteiger partial charge < -0.3 is 25.2 Å². The van der Waals surface area contributed by atoms with Gasteiger partial charge in [0.05, 0.1) is 9.85 Å². The molecule has 0 fully saturated rings. The van der Waals surface area contributed by atoms with Crippen LogP contribution in [0.15, 0.2) is 48.5 Å². The standard InChI is InChI=1S/C8H7NO4.C6H5NO3.C3H6O.CH4O.2Na.H2O/c1-6(10)13-8-4-2-7(3-5-8)9(11)12;8-6-3-1-5(2-4-6)7(9)10;1-3(2)4;1-2;;;/h2-5H,1H3;1-4,8H;1-2H3;2H,1H3;;;1H2/q;;;;2*+1;/p-2. The van der Waals surface area contributed by atoms with Crippen molar-refractivity contribution in [1.82, 2.24) is 0 Å². The van der Waals surface area contributed by atoms with Gasteiger partial charge in [-0.25, -0.2) is 0 Å². The van der Waals surface area contributed by atoms with E-state index in [1.54, 1.807) is 0 Å². The van der Waals surface area contributed by atoms with Crippen LogP contribution in [0.4, 0.5) is 11.4 Å². The van der Waals surface area contributed by atoms with Gasteiger partial charge in [-0.3, -0.25) is 25.0 Å². The summed E-state index contributed by atoms with van der Waals surface area (Å²) in [6.45, 7) is 4.32. The van der Waals surface area contributed by atoms with E-state index in [0.717, 1.165) is 19.2 Å². The SMILES string of the molecule is CC(=O)Oc1ccc([N+](=O)[O-])cc1.CC(C)=O.CO.O=[N+]([O-])c1ccc([O-])cc1.[Na+].[Na+].[OH-]. The molecule has 0 aliphatic carbocycles. The summed E-state index contributed by atoms with van der Waals surface area (Å²) < 4.78 is 4.69. The number of ether oxygens (including phenoxy) is 1. The number of carbonyl (C=O) groups is 2. The van der Waals surface area contributed by atoms with Crippen molar-refractivity contribution in [2.24, 2.45) is 0 Å². The molecule has 2 aromatic carbocycles. The Balaban J connectivity index is -0.000000115. The normalized spacial score (nSPS) is 7.66. The molecule has 0 heterocycles. The van der Waals surface area contributed by atoms with Crippen molar-refractivity contribution < 1.29 is 99.0 Å². The number of hydrogen-bond donors (Lipinski definition) is 1. The van der Waals surface area contributed by atoms with Crippen molar-refractivity contribution >= 4 is 23.1 Å². The zero-order valence-electron chi connectivity index (χ0n) is 18.7. The second-order valence-corrected chi connectivity index (χ2v) is 5.00. The van der Waals surface area contributed by atoms with E-state index in [4.69, 9.17) is 5.11 Å². The number of ketones is 1. The fourth-order valence-corrected chi connectivity index (χ4v) is 1.37. The van der Waals surface area contributed by atoms with Gasteiger partial charge in [-0.1, -0.05) is 12.1 Å². The van der Waals surface area contributed by atoms with E-state index >= 15 is 0 Å². The summed E-state index contributed by atoms with van der Waals surface area (Å²) >= 11 is 0. The molecule has 2 N–H and O–H groups in total. The average molecular weight is 472 g/mol. The van der Waals surface area contributed by atoms with Gasteiger partial charge in [-0.05, 0) is 26.0 Å². The first kappa shape index (κ1) is 40.5. The molecule has 0 atom stereocenters. The van der Waals surface area contributed by atoms with Crippen LogP contribution in [0.5, 0.6) is 11.5 Å². The maximum Gasteiger partial charge on any atom is 1.00 e.